The number of nitrogens with zero attached hydrogens (tertiary/aromatic N) is 2. The first kappa shape index (κ1) is 30.8. The summed E-state index contributed by atoms with van der Waals surface area (Å²) in [6.45, 7) is 6.38. The molecule has 11 heteroatoms. The number of hydrogen-bond acceptors (Lipinski definition) is 5. The summed E-state index contributed by atoms with van der Waals surface area (Å²) in [5.41, 5.74) is 1.74. The molecule has 0 spiro atoms. The van der Waals surface area contributed by atoms with Gasteiger partial charge in [0.2, 0.25) is 11.8 Å². The Morgan fingerprint density at radius 3 is 2.45 bits per heavy atom. The van der Waals surface area contributed by atoms with Crippen LogP contribution in [0.5, 0.6) is 0 Å². The van der Waals surface area contributed by atoms with Gasteiger partial charge in [-0.15, -0.1) is 0 Å². The van der Waals surface area contributed by atoms with Crippen LogP contribution in [-0.2, 0) is 40.0 Å². The third-order valence-corrected chi connectivity index (χ3v) is 6.57. The molecule has 0 saturated heterocycles. The van der Waals surface area contributed by atoms with E-state index in [-0.39, 0.29) is 43.1 Å². The highest BCUT2D eigenvalue weighted by Gasteiger charge is 2.33. The summed E-state index contributed by atoms with van der Waals surface area (Å²) in [6, 6.07) is 10.7. The molecule has 0 bridgehead atoms. The molecule has 3 rings (SSSR count). The number of carbonyl (C=O) groups is 3. The molecule has 1 heterocycles. The highest BCUT2D eigenvalue weighted by atomic mass is 19.4. The summed E-state index contributed by atoms with van der Waals surface area (Å²) >= 11 is 0. The number of amides is 3. The molecular weight excluding hydrogens is 525 g/mol. The van der Waals surface area contributed by atoms with Crippen LogP contribution in [0.1, 0.15) is 49.4 Å². The molecule has 2 aromatic carbocycles. The first-order chi connectivity index (χ1) is 18.8. The molecule has 0 aromatic heterocycles. The Labute approximate surface area is 232 Å². The molecule has 40 heavy (non-hydrogen) atoms. The second-order valence-electron chi connectivity index (χ2n) is 11.0. The smallest absolute Gasteiger partial charge is 0.416 e. The minimum atomic E-state index is -4.58. The Morgan fingerprint density at radius 2 is 1.77 bits per heavy atom. The molecular formula is C29H37F3N4O4. The van der Waals surface area contributed by atoms with Crippen LogP contribution < -0.4 is 10.6 Å². The van der Waals surface area contributed by atoms with E-state index in [1.54, 1.807) is 0 Å². The SMILES string of the molecule is CNC(=O)OCCN(Cc1ccccc1C(F)(F)F)C(=O)CNc1cccc2c1CCN(C(=O)CC(C)(C)C)C2. The van der Waals surface area contributed by atoms with Gasteiger partial charge in [0.15, 0.2) is 0 Å². The number of halogens is 3. The molecule has 0 saturated carbocycles. The van der Waals surface area contributed by atoms with Gasteiger partial charge in [-0.3, -0.25) is 9.59 Å². The van der Waals surface area contributed by atoms with Crippen LogP contribution in [0.15, 0.2) is 42.5 Å². The predicted octanol–water partition coefficient (Wildman–Crippen LogP) is 4.82. The molecule has 0 unspecified atom stereocenters. The topological polar surface area (TPSA) is 91.0 Å². The third-order valence-electron chi connectivity index (χ3n) is 6.57. The number of fused-ring (bicyclic) bond motifs is 1. The molecule has 8 nitrogen and oxygen atoms in total. The van der Waals surface area contributed by atoms with Crippen molar-refractivity contribution in [3.05, 3.63) is 64.7 Å². The molecule has 218 valence electrons. The van der Waals surface area contributed by atoms with Crippen molar-refractivity contribution in [3.8, 4) is 0 Å². The van der Waals surface area contributed by atoms with Crippen molar-refractivity contribution in [1.29, 1.82) is 0 Å². The van der Waals surface area contributed by atoms with Crippen molar-refractivity contribution in [2.75, 3.05) is 38.6 Å². The molecule has 1 aliphatic rings. The van der Waals surface area contributed by atoms with Crippen molar-refractivity contribution < 1.29 is 32.3 Å². The molecule has 0 fully saturated rings. The Morgan fingerprint density at radius 1 is 1.05 bits per heavy atom. The predicted molar refractivity (Wildman–Crippen MR) is 145 cm³/mol. The number of ether oxygens (including phenoxy) is 1. The van der Waals surface area contributed by atoms with Gasteiger partial charge in [0.25, 0.3) is 0 Å². The maximum absolute atomic E-state index is 13.6. The van der Waals surface area contributed by atoms with Gasteiger partial charge in [0, 0.05) is 38.8 Å². The monoisotopic (exact) mass is 562 g/mol. The van der Waals surface area contributed by atoms with E-state index in [0.29, 0.717) is 25.9 Å². The number of hydrogen-bond donors (Lipinski definition) is 2. The summed E-state index contributed by atoms with van der Waals surface area (Å²) in [5, 5.41) is 5.43. The van der Waals surface area contributed by atoms with Crippen molar-refractivity contribution in [3.63, 3.8) is 0 Å². The lowest BCUT2D eigenvalue weighted by Crippen LogP contribution is -2.39. The van der Waals surface area contributed by atoms with Gasteiger partial charge < -0.3 is 25.2 Å². The van der Waals surface area contributed by atoms with E-state index < -0.39 is 23.7 Å². The number of rotatable bonds is 9. The quantitative estimate of drug-likeness (QED) is 0.457. The summed E-state index contributed by atoms with van der Waals surface area (Å²) in [5.74, 6) is -0.353. The molecule has 0 aliphatic carbocycles. The number of benzene rings is 2. The number of alkyl carbamates (subject to hydrolysis) is 1. The summed E-state index contributed by atoms with van der Waals surface area (Å²) in [4.78, 5) is 40.5. The Bertz CT molecular complexity index is 1210. The molecule has 2 aromatic rings. The van der Waals surface area contributed by atoms with Gasteiger partial charge in [-0.25, -0.2) is 4.79 Å². The van der Waals surface area contributed by atoms with E-state index in [2.05, 4.69) is 10.6 Å². The maximum atomic E-state index is 13.6. The van der Waals surface area contributed by atoms with Gasteiger partial charge in [0.05, 0.1) is 18.7 Å². The van der Waals surface area contributed by atoms with Gasteiger partial charge in [-0.2, -0.15) is 13.2 Å². The Hall–Kier alpha value is -3.76. The minimum absolute atomic E-state index is 0.0552. The third kappa shape index (κ3) is 8.62. The summed E-state index contributed by atoms with van der Waals surface area (Å²) in [7, 11) is 1.38. The van der Waals surface area contributed by atoms with Crippen LogP contribution >= 0.6 is 0 Å². The van der Waals surface area contributed by atoms with Crippen LogP contribution in [0.4, 0.5) is 23.7 Å². The first-order valence-corrected chi connectivity index (χ1v) is 13.2. The van der Waals surface area contributed by atoms with Crippen LogP contribution in [0, 0.1) is 5.41 Å². The lowest BCUT2D eigenvalue weighted by molar-refractivity contribution is -0.139. The number of alkyl halides is 3. The Kier molecular flexibility index (Phi) is 10.1. The zero-order valence-electron chi connectivity index (χ0n) is 23.4. The summed E-state index contributed by atoms with van der Waals surface area (Å²) in [6.07, 6.45) is -4.21. The first-order valence-electron chi connectivity index (χ1n) is 13.2. The zero-order chi connectivity index (χ0) is 29.5. The van der Waals surface area contributed by atoms with Crippen LogP contribution in [0.2, 0.25) is 0 Å². The highest BCUT2D eigenvalue weighted by molar-refractivity contribution is 5.82. The average Bonchev–Trinajstić information content (AvgIpc) is 2.89. The molecule has 0 radical (unpaired) electrons. The van der Waals surface area contributed by atoms with Crippen molar-refractivity contribution in [2.45, 2.75) is 52.9 Å². The zero-order valence-corrected chi connectivity index (χ0v) is 23.4. The van der Waals surface area contributed by atoms with Crippen molar-refractivity contribution >= 4 is 23.6 Å². The normalized spacial score (nSPS) is 13.3. The lowest BCUT2D eigenvalue weighted by Gasteiger charge is -2.32. The fourth-order valence-electron chi connectivity index (χ4n) is 4.59. The second-order valence-corrected chi connectivity index (χ2v) is 11.0. The van der Waals surface area contributed by atoms with E-state index in [1.807, 2.05) is 43.9 Å². The van der Waals surface area contributed by atoms with Gasteiger partial charge in [0.1, 0.15) is 6.61 Å². The van der Waals surface area contributed by atoms with Crippen LogP contribution in [0.3, 0.4) is 0 Å². The van der Waals surface area contributed by atoms with E-state index in [4.69, 9.17) is 4.74 Å². The highest BCUT2D eigenvalue weighted by Crippen LogP contribution is 2.32. The van der Waals surface area contributed by atoms with Gasteiger partial charge in [-0.1, -0.05) is 51.1 Å². The van der Waals surface area contributed by atoms with E-state index in [1.165, 1.54) is 30.1 Å². The standard InChI is InChI=1S/C29H37F3N4O4/c1-28(2,3)16-25(37)35-13-12-22-20(18-35)9-7-11-24(22)34-17-26(38)36(14-15-40-27(39)33-4)19-21-8-5-6-10-23(21)29(30,31)32/h5-11,34H,12-19H2,1-4H3,(H,33,39). The molecule has 0 atom stereocenters. The number of nitrogens with one attached hydrogen (secondary N) is 2. The van der Waals surface area contributed by atoms with E-state index >= 15 is 0 Å². The van der Waals surface area contributed by atoms with Gasteiger partial charge in [-0.05, 0) is 40.7 Å². The van der Waals surface area contributed by atoms with Crippen LogP contribution in [0.25, 0.3) is 0 Å². The average molecular weight is 563 g/mol. The number of anilines is 1. The van der Waals surface area contributed by atoms with Crippen molar-refractivity contribution in [1.82, 2.24) is 15.1 Å². The Balaban J connectivity index is 1.72. The van der Waals surface area contributed by atoms with E-state index in [9.17, 15) is 27.6 Å². The molecule has 2 N–H and O–H groups in total. The van der Waals surface area contributed by atoms with Crippen molar-refractivity contribution in [2.24, 2.45) is 5.41 Å². The largest absolute Gasteiger partial charge is 0.448 e. The molecule has 3 amide bonds. The summed E-state index contributed by atoms with van der Waals surface area (Å²) < 4.78 is 45.7. The fraction of sp³-hybridized carbons (Fsp3) is 0.483. The van der Waals surface area contributed by atoms with Crippen LogP contribution in [-0.4, -0.2) is 61.0 Å². The lowest BCUT2D eigenvalue weighted by atomic mass is 9.90. The fourth-order valence-corrected chi connectivity index (χ4v) is 4.59. The second kappa shape index (κ2) is 13.1. The maximum Gasteiger partial charge on any atom is 0.416 e. The minimum Gasteiger partial charge on any atom is -0.448 e. The van der Waals surface area contributed by atoms with Gasteiger partial charge >= 0.3 is 12.3 Å². The number of carbonyl (C=O) groups excluding carboxylic acids is 3. The molecule has 1 aliphatic heterocycles. The van der Waals surface area contributed by atoms with E-state index in [0.717, 1.165) is 22.9 Å².